The molecular weight excluding hydrogens is 261 g/mol. The predicted molar refractivity (Wildman–Crippen MR) is 70.3 cm³/mol. The van der Waals surface area contributed by atoms with E-state index in [-0.39, 0.29) is 17.7 Å². The Morgan fingerprint density at radius 2 is 1.82 bits per heavy atom. The molecule has 0 atom stereocenters. The maximum Gasteiger partial charge on any atom is 0.251 e. The number of ether oxygens (including phenoxy) is 1. The van der Waals surface area contributed by atoms with Gasteiger partial charge in [-0.3, -0.25) is 4.79 Å². The fraction of sp³-hybridized carbons (Fsp3) is 0.417. The molecular formula is C12H15Cl2NO2. The monoisotopic (exact) mass is 275 g/mol. The van der Waals surface area contributed by atoms with E-state index in [9.17, 15) is 4.79 Å². The van der Waals surface area contributed by atoms with Crippen LogP contribution in [-0.2, 0) is 0 Å². The molecule has 5 heteroatoms. The highest BCUT2D eigenvalue weighted by atomic mass is 35.5. The molecule has 94 valence electrons. The second kappa shape index (κ2) is 6.12. The summed E-state index contributed by atoms with van der Waals surface area (Å²) in [6.07, 6.45) is 0. The zero-order valence-corrected chi connectivity index (χ0v) is 11.3. The first kappa shape index (κ1) is 14.1. The minimum Gasteiger partial charge on any atom is -0.497 e. The standard InChI is InChI=1S/C12H15Cl2NO2/c1-12(7-13,8-14)15-11(16)9-3-5-10(17-2)6-4-9/h3-6H,7-8H2,1-2H3,(H,15,16). The summed E-state index contributed by atoms with van der Waals surface area (Å²) < 4.78 is 5.02. The fourth-order valence-electron chi connectivity index (χ4n) is 1.19. The predicted octanol–water partition coefficient (Wildman–Crippen LogP) is 2.66. The first-order valence-corrected chi connectivity index (χ1v) is 6.20. The average Bonchev–Trinajstić information content (AvgIpc) is 2.38. The van der Waals surface area contributed by atoms with Gasteiger partial charge in [0.1, 0.15) is 5.75 Å². The summed E-state index contributed by atoms with van der Waals surface area (Å²) in [5.41, 5.74) is -0.0487. The maximum absolute atomic E-state index is 11.9. The van der Waals surface area contributed by atoms with Crippen LogP contribution in [0.3, 0.4) is 0 Å². The molecule has 1 aromatic carbocycles. The smallest absolute Gasteiger partial charge is 0.251 e. The van der Waals surface area contributed by atoms with Gasteiger partial charge in [-0.05, 0) is 31.2 Å². The molecule has 0 radical (unpaired) electrons. The molecule has 0 aliphatic carbocycles. The minimum atomic E-state index is -0.597. The summed E-state index contributed by atoms with van der Waals surface area (Å²) in [5, 5.41) is 2.80. The number of carbonyl (C=O) groups excluding carboxylic acids is 1. The third-order valence-electron chi connectivity index (χ3n) is 2.36. The van der Waals surface area contributed by atoms with Crippen LogP contribution in [0.25, 0.3) is 0 Å². The summed E-state index contributed by atoms with van der Waals surface area (Å²) in [6.45, 7) is 1.80. The Kier molecular flexibility index (Phi) is 5.09. The van der Waals surface area contributed by atoms with Crippen molar-refractivity contribution in [1.29, 1.82) is 0 Å². The molecule has 0 fully saturated rings. The summed E-state index contributed by atoms with van der Waals surface area (Å²) in [6, 6.07) is 6.84. The lowest BCUT2D eigenvalue weighted by Gasteiger charge is -2.25. The quantitative estimate of drug-likeness (QED) is 0.840. The first-order chi connectivity index (χ1) is 8.04. The maximum atomic E-state index is 11.9. The molecule has 1 aromatic rings. The highest BCUT2D eigenvalue weighted by Gasteiger charge is 2.24. The van der Waals surface area contributed by atoms with Crippen molar-refractivity contribution in [3.05, 3.63) is 29.8 Å². The van der Waals surface area contributed by atoms with Crippen LogP contribution in [0.15, 0.2) is 24.3 Å². The molecule has 0 spiro atoms. The van der Waals surface area contributed by atoms with Crippen LogP contribution in [-0.4, -0.2) is 30.3 Å². The zero-order valence-electron chi connectivity index (χ0n) is 9.80. The highest BCUT2D eigenvalue weighted by molar-refractivity contribution is 6.22. The highest BCUT2D eigenvalue weighted by Crippen LogP contribution is 2.14. The second-order valence-corrected chi connectivity index (χ2v) is 4.55. The van der Waals surface area contributed by atoms with E-state index in [1.165, 1.54) is 0 Å². The Bertz CT molecular complexity index is 375. The largest absolute Gasteiger partial charge is 0.497 e. The SMILES string of the molecule is COc1ccc(C(=O)NC(C)(CCl)CCl)cc1. The Hall–Kier alpha value is -0.930. The van der Waals surface area contributed by atoms with E-state index in [4.69, 9.17) is 27.9 Å². The Morgan fingerprint density at radius 1 is 1.29 bits per heavy atom. The van der Waals surface area contributed by atoms with Crippen LogP contribution < -0.4 is 10.1 Å². The summed E-state index contributed by atoms with van der Waals surface area (Å²) in [7, 11) is 1.58. The van der Waals surface area contributed by atoms with Gasteiger partial charge >= 0.3 is 0 Å². The number of amides is 1. The van der Waals surface area contributed by atoms with Crippen molar-refractivity contribution in [2.24, 2.45) is 0 Å². The van der Waals surface area contributed by atoms with Gasteiger partial charge in [-0.15, -0.1) is 23.2 Å². The van der Waals surface area contributed by atoms with Crippen molar-refractivity contribution in [3.8, 4) is 5.75 Å². The third-order valence-corrected chi connectivity index (χ3v) is 3.54. The first-order valence-electron chi connectivity index (χ1n) is 5.13. The normalized spacial score (nSPS) is 11.1. The van der Waals surface area contributed by atoms with Gasteiger partial charge in [-0.1, -0.05) is 0 Å². The number of methoxy groups -OCH3 is 1. The van der Waals surface area contributed by atoms with Crippen molar-refractivity contribution in [3.63, 3.8) is 0 Å². The topological polar surface area (TPSA) is 38.3 Å². The van der Waals surface area contributed by atoms with Gasteiger partial charge in [0, 0.05) is 17.3 Å². The molecule has 0 saturated carbocycles. The summed E-state index contributed by atoms with van der Waals surface area (Å²) in [4.78, 5) is 11.9. The van der Waals surface area contributed by atoms with Gasteiger partial charge in [-0.2, -0.15) is 0 Å². The molecule has 0 saturated heterocycles. The van der Waals surface area contributed by atoms with E-state index in [0.29, 0.717) is 11.3 Å². The van der Waals surface area contributed by atoms with E-state index in [1.54, 1.807) is 38.3 Å². The molecule has 17 heavy (non-hydrogen) atoms. The second-order valence-electron chi connectivity index (χ2n) is 4.01. The lowest BCUT2D eigenvalue weighted by Crippen LogP contribution is -2.49. The van der Waals surface area contributed by atoms with Crippen molar-refractivity contribution < 1.29 is 9.53 Å². The van der Waals surface area contributed by atoms with Gasteiger partial charge in [-0.25, -0.2) is 0 Å². The molecule has 0 aliphatic heterocycles. The van der Waals surface area contributed by atoms with Crippen LogP contribution in [0, 0.1) is 0 Å². The zero-order chi connectivity index (χ0) is 12.9. The number of hydrogen-bond donors (Lipinski definition) is 1. The Morgan fingerprint density at radius 3 is 2.24 bits per heavy atom. The number of nitrogens with one attached hydrogen (secondary N) is 1. The lowest BCUT2D eigenvalue weighted by molar-refractivity contribution is 0.0921. The van der Waals surface area contributed by atoms with Crippen LogP contribution >= 0.6 is 23.2 Å². The van der Waals surface area contributed by atoms with E-state index in [0.717, 1.165) is 0 Å². The molecule has 1 amide bonds. The van der Waals surface area contributed by atoms with Crippen LogP contribution in [0.1, 0.15) is 17.3 Å². The van der Waals surface area contributed by atoms with E-state index >= 15 is 0 Å². The van der Waals surface area contributed by atoms with E-state index in [2.05, 4.69) is 5.32 Å². The number of benzene rings is 1. The van der Waals surface area contributed by atoms with Crippen LogP contribution in [0.4, 0.5) is 0 Å². The molecule has 0 aliphatic rings. The van der Waals surface area contributed by atoms with Gasteiger partial charge in [0.05, 0.1) is 12.6 Å². The fourth-order valence-corrected chi connectivity index (χ4v) is 1.61. The van der Waals surface area contributed by atoms with Gasteiger partial charge in [0.25, 0.3) is 5.91 Å². The van der Waals surface area contributed by atoms with E-state index < -0.39 is 5.54 Å². The van der Waals surface area contributed by atoms with Crippen molar-refractivity contribution >= 4 is 29.1 Å². The number of alkyl halides is 2. The molecule has 3 nitrogen and oxygen atoms in total. The van der Waals surface area contributed by atoms with E-state index in [1.807, 2.05) is 0 Å². The number of halogens is 2. The average molecular weight is 276 g/mol. The molecule has 0 heterocycles. The third kappa shape index (κ3) is 3.79. The van der Waals surface area contributed by atoms with Gasteiger partial charge in [0.15, 0.2) is 0 Å². The molecule has 0 bridgehead atoms. The molecule has 1 N–H and O–H groups in total. The Balaban J connectivity index is 2.75. The van der Waals surface area contributed by atoms with Crippen molar-refractivity contribution in [2.75, 3.05) is 18.9 Å². The van der Waals surface area contributed by atoms with Crippen LogP contribution in [0.2, 0.25) is 0 Å². The molecule has 0 aromatic heterocycles. The minimum absolute atomic E-state index is 0.198. The Labute approximate surface area is 111 Å². The van der Waals surface area contributed by atoms with Gasteiger partial charge < -0.3 is 10.1 Å². The van der Waals surface area contributed by atoms with Crippen LogP contribution in [0.5, 0.6) is 5.75 Å². The van der Waals surface area contributed by atoms with Crippen molar-refractivity contribution in [1.82, 2.24) is 5.32 Å². The van der Waals surface area contributed by atoms with Crippen molar-refractivity contribution in [2.45, 2.75) is 12.5 Å². The summed E-state index contributed by atoms with van der Waals surface area (Å²) >= 11 is 11.5. The number of rotatable bonds is 5. The molecule has 0 unspecified atom stereocenters. The molecule has 1 rings (SSSR count). The summed E-state index contributed by atoms with van der Waals surface area (Å²) in [5.74, 6) is 1.03. The lowest BCUT2D eigenvalue weighted by atomic mass is 10.1. The number of hydrogen-bond acceptors (Lipinski definition) is 2. The number of carbonyl (C=O) groups is 1. The van der Waals surface area contributed by atoms with Gasteiger partial charge in [0.2, 0.25) is 0 Å².